The Labute approximate surface area is 49.3 Å². The Kier molecular flexibility index (Phi) is 225. The van der Waals surface area contributed by atoms with Crippen LogP contribution in [0.3, 0.4) is 0 Å². The van der Waals surface area contributed by atoms with Crippen LogP contribution in [0.15, 0.2) is 13.2 Å². The molecule has 0 aromatic rings. The SMILES string of the molecule is C=C.[Cu].[LiH]. The van der Waals surface area contributed by atoms with Gasteiger partial charge in [0.2, 0.25) is 0 Å². The van der Waals surface area contributed by atoms with Crippen LogP contribution >= 0.6 is 0 Å². The molecule has 0 aromatic heterocycles. The summed E-state index contributed by atoms with van der Waals surface area (Å²) in [5, 5.41) is 0. The second-order valence-electron chi connectivity index (χ2n) is 0. The fourth-order valence-electron chi connectivity index (χ4n) is 0. The molecule has 0 bridgehead atoms. The van der Waals surface area contributed by atoms with Gasteiger partial charge in [0.05, 0.1) is 0 Å². The van der Waals surface area contributed by atoms with Crippen LogP contribution in [-0.4, -0.2) is 18.9 Å². The molecule has 0 amide bonds. The molecule has 1 radical (unpaired) electrons. The first-order valence-corrected chi connectivity index (χ1v) is 0.500. The molecule has 0 heterocycles. The van der Waals surface area contributed by atoms with Gasteiger partial charge in [-0.1, -0.05) is 0 Å². The van der Waals surface area contributed by atoms with Crippen molar-refractivity contribution in [3.8, 4) is 0 Å². The standard InChI is InChI=1S/C2H4.Cu.Li.H/c1-2;;;/h1-2H2;;;. The molecule has 0 unspecified atom stereocenters. The van der Waals surface area contributed by atoms with Crippen molar-refractivity contribution in [3.05, 3.63) is 13.2 Å². The van der Waals surface area contributed by atoms with Gasteiger partial charge in [-0.25, -0.2) is 0 Å². The van der Waals surface area contributed by atoms with Crippen LogP contribution in [0.2, 0.25) is 0 Å². The van der Waals surface area contributed by atoms with Crippen LogP contribution in [0.4, 0.5) is 0 Å². The van der Waals surface area contributed by atoms with Gasteiger partial charge >= 0.3 is 18.9 Å². The third-order valence-corrected chi connectivity index (χ3v) is 0. The summed E-state index contributed by atoms with van der Waals surface area (Å²) in [5.74, 6) is 0. The first-order valence-electron chi connectivity index (χ1n) is 0.500. The van der Waals surface area contributed by atoms with Gasteiger partial charge in [-0.2, -0.15) is 0 Å². The summed E-state index contributed by atoms with van der Waals surface area (Å²) in [6.07, 6.45) is 0. The Hall–Kier alpha value is 0.857. The predicted octanol–water partition coefficient (Wildman–Crippen LogP) is 0.151. The Bertz CT molecular complexity index is 6.00. The molecular weight excluding hydrogens is 94.5 g/mol. The maximum atomic E-state index is 3.00. The molecular formula is C2H5CuLi. The van der Waals surface area contributed by atoms with Crippen molar-refractivity contribution in [2.24, 2.45) is 0 Å². The van der Waals surface area contributed by atoms with Gasteiger partial charge in [0, 0.05) is 17.1 Å². The van der Waals surface area contributed by atoms with Gasteiger partial charge in [0.15, 0.2) is 0 Å². The quantitative estimate of drug-likeness (QED) is 0.300. The van der Waals surface area contributed by atoms with Crippen LogP contribution < -0.4 is 0 Å². The molecule has 0 spiro atoms. The van der Waals surface area contributed by atoms with E-state index in [1.54, 1.807) is 0 Å². The fraction of sp³-hybridized carbons (Fsp3) is 0. The van der Waals surface area contributed by atoms with Crippen molar-refractivity contribution in [1.29, 1.82) is 0 Å². The van der Waals surface area contributed by atoms with Crippen molar-refractivity contribution < 1.29 is 17.1 Å². The van der Waals surface area contributed by atoms with E-state index in [2.05, 4.69) is 13.2 Å². The first kappa shape index (κ1) is 21.0. The van der Waals surface area contributed by atoms with Crippen molar-refractivity contribution >= 4 is 18.9 Å². The van der Waals surface area contributed by atoms with E-state index in [1.165, 1.54) is 0 Å². The van der Waals surface area contributed by atoms with Gasteiger partial charge in [0.25, 0.3) is 0 Å². The van der Waals surface area contributed by atoms with Gasteiger partial charge in [0.1, 0.15) is 0 Å². The van der Waals surface area contributed by atoms with E-state index in [0.29, 0.717) is 0 Å². The molecule has 25 valence electrons. The molecule has 0 saturated carbocycles. The van der Waals surface area contributed by atoms with E-state index in [4.69, 9.17) is 0 Å². The van der Waals surface area contributed by atoms with E-state index < -0.39 is 0 Å². The zero-order valence-electron chi connectivity index (χ0n) is 1.72. The molecule has 0 aliphatic rings. The molecule has 0 fully saturated rings. The molecule has 4 heavy (non-hydrogen) atoms. The van der Waals surface area contributed by atoms with Gasteiger partial charge < -0.3 is 0 Å². The normalized spacial score (nSPS) is 1.00. The van der Waals surface area contributed by atoms with Gasteiger partial charge in [-0.05, 0) is 0 Å². The summed E-state index contributed by atoms with van der Waals surface area (Å²) in [7, 11) is 0. The van der Waals surface area contributed by atoms with E-state index >= 15 is 0 Å². The molecule has 0 nitrogen and oxygen atoms in total. The Morgan fingerprint density at radius 3 is 1.00 bits per heavy atom. The first-order chi connectivity index (χ1) is 1.00. The van der Waals surface area contributed by atoms with E-state index in [0.717, 1.165) is 0 Å². The minimum absolute atomic E-state index is 0. The van der Waals surface area contributed by atoms with Crippen LogP contribution in [0.25, 0.3) is 0 Å². The Morgan fingerprint density at radius 2 is 1.00 bits per heavy atom. The second kappa shape index (κ2) is 42.9. The average Bonchev–Trinajstić information content (AvgIpc) is 1.00. The Morgan fingerprint density at radius 1 is 1.00 bits per heavy atom. The van der Waals surface area contributed by atoms with Gasteiger partial charge in [-0.15, -0.1) is 13.2 Å². The van der Waals surface area contributed by atoms with E-state index in [-0.39, 0.29) is 35.9 Å². The molecule has 0 saturated heterocycles. The van der Waals surface area contributed by atoms with Crippen LogP contribution in [0, 0.1) is 0 Å². The number of hydrogen-bond donors (Lipinski definition) is 0. The minimum atomic E-state index is 0. The molecule has 0 aromatic carbocycles. The number of rotatable bonds is 0. The van der Waals surface area contributed by atoms with Crippen molar-refractivity contribution in [2.45, 2.75) is 0 Å². The monoisotopic (exact) mass is 99.0 g/mol. The molecule has 0 aliphatic heterocycles. The van der Waals surface area contributed by atoms with E-state index in [1.807, 2.05) is 0 Å². The Balaban J connectivity index is -0.00000000500. The van der Waals surface area contributed by atoms with Crippen molar-refractivity contribution in [3.63, 3.8) is 0 Å². The summed E-state index contributed by atoms with van der Waals surface area (Å²) in [6.45, 7) is 6.00. The zero-order valence-corrected chi connectivity index (χ0v) is 2.66. The number of hydrogen-bond acceptors (Lipinski definition) is 0. The molecule has 0 N–H and O–H groups in total. The summed E-state index contributed by atoms with van der Waals surface area (Å²) < 4.78 is 0. The predicted molar refractivity (Wildman–Crippen MR) is 18.4 cm³/mol. The second-order valence-corrected chi connectivity index (χ2v) is 0. The molecule has 0 aliphatic carbocycles. The summed E-state index contributed by atoms with van der Waals surface area (Å²) >= 11 is 0. The zero-order chi connectivity index (χ0) is 2.00. The van der Waals surface area contributed by atoms with Crippen LogP contribution in [0.1, 0.15) is 0 Å². The summed E-state index contributed by atoms with van der Waals surface area (Å²) in [4.78, 5) is 0. The van der Waals surface area contributed by atoms with Gasteiger partial charge in [-0.3, -0.25) is 0 Å². The fourth-order valence-corrected chi connectivity index (χ4v) is 0. The van der Waals surface area contributed by atoms with Crippen LogP contribution in [0.5, 0.6) is 0 Å². The average molecular weight is 99.5 g/mol. The summed E-state index contributed by atoms with van der Waals surface area (Å²) in [5.41, 5.74) is 0. The molecule has 2 heteroatoms. The van der Waals surface area contributed by atoms with Crippen molar-refractivity contribution in [2.75, 3.05) is 0 Å². The molecule has 0 atom stereocenters. The third kappa shape index (κ3) is 13.4. The topological polar surface area (TPSA) is 0 Å². The summed E-state index contributed by atoms with van der Waals surface area (Å²) in [6, 6.07) is 0. The maximum absolute atomic E-state index is 3.00. The third-order valence-electron chi connectivity index (χ3n) is 0. The van der Waals surface area contributed by atoms with E-state index in [9.17, 15) is 0 Å². The van der Waals surface area contributed by atoms with Crippen molar-refractivity contribution in [1.82, 2.24) is 0 Å². The molecule has 0 rings (SSSR count). The van der Waals surface area contributed by atoms with Crippen LogP contribution in [-0.2, 0) is 17.1 Å².